The third-order valence-corrected chi connectivity index (χ3v) is 5.50. The molecule has 0 saturated carbocycles. The normalized spacial score (nSPS) is 11.1. The second kappa shape index (κ2) is 9.40. The SMILES string of the molecule is CCc1cc(=O)[nH]c(-n2nc(-c3cccs3)cc2NC(=O)/C=C\c2ccc([N+](=O)[O-])cc2)n1. The third kappa shape index (κ3) is 5.10. The minimum Gasteiger partial charge on any atom is -0.307 e. The zero-order chi connectivity index (χ0) is 23.4. The Bertz CT molecular complexity index is 1390. The molecule has 33 heavy (non-hydrogen) atoms. The fraction of sp³-hybridized carbons (Fsp3) is 0.0909. The number of nitro groups is 1. The summed E-state index contributed by atoms with van der Waals surface area (Å²) in [5.74, 6) is 0.0752. The molecule has 1 amide bonds. The molecule has 0 aliphatic heterocycles. The Morgan fingerprint density at radius 1 is 1.27 bits per heavy atom. The van der Waals surface area contributed by atoms with E-state index in [2.05, 4.69) is 20.4 Å². The molecule has 3 aromatic heterocycles. The van der Waals surface area contributed by atoms with E-state index in [4.69, 9.17) is 0 Å². The maximum Gasteiger partial charge on any atom is 0.269 e. The second-order valence-electron chi connectivity index (χ2n) is 6.89. The van der Waals surface area contributed by atoms with Gasteiger partial charge in [-0.15, -0.1) is 11.3 Å². The van der Waals surface area contributed by atoms with Crippen molar-refractivity contribution in [1.29, 1.82) is 0 Å². The summed E-state index contributed by atoms with van der Waals surface area (Å²) in [4.78, 5) is 42.9. The quantitative estimate of drug-likeness (QED) is 0.244. The summed E-state index contributed by atoms with van der Waals surface area (Å²) in [7, 11) is 0. The van der Waals surface area contributed by atoms with E-state index in [0.717, 1.165) is 4.88 Å². The summed E-state index contributed by atoms with van der Waals surface area (Å²) in [6.45, 7) is 1.89. The number of rotatable bonds is 7. The number of nitrogens with one attached hydrogen (secondary N) is 2. The molecule has 3 heterocycles. The highest BCUT2D eigenvalue weighted by Crippen LogP contribution is 2.27. The van der Waals surface area contributed by atoms with Crippen molar-refractivity contribution in [1.82, 2.24) is 19.7 Å². The lowest BCUT2D eigenvalue weighted by molar-refractivity contribution is -0.384. The van der Waals surface area contributed by atoms with Crippen LogP contribution in [0.3, 0.4) is 0 Å². The van der Waals surface area contributed by atoms with Gasteiger partial charge in [-0.25, -0.2) is 4.98 Å². The summed E-state index contributed by atoms with van der Waals surface area (Å²) in [5.41, 5.74) is 1.49. The number of aromatic amines is 1. The Morgan fingerprint density at radius 3 is 2.73 bits per heavy atom. The van der Waals surface area contributed by atoms with Gasteiger partial charge in [0.1, 0.15) is 11.5 Å². The molecule has 0 aliphatic carbocycles. The van der Waals surface area contributed by atoms with Crippen LogP contribution in [0.4, 0.5) is 11.5 Å². The smallest absolute Gasteiger partial charge is 0.269 e. The van der Waals surface area contributed by atoms with Crippen LogP contribution in [0.2, 0.25) is 0 Å². The molecule has 10 nitrogen and oxygen atoms in total. The topological polar surface area (TPSA) is 136 Å². The van der Waals surface area contributed by atoms with Crippen molar-refractivity contribution >= 4 is 34.8 Å². The number of nitrogens with zero attached hydrogens (tertiary/aromatic N) is 4. The number of hydrogen-bond acceptors (Lipinski definition) is 7. The van der Waals surface area contributed by atoms with Crippen LogP contribution in [0.5, 0.6) is 0 Å². The zero-order valence-corrected chi connectivity index (χ0v) is 18.2. The number of nitro benzene ring substituents is 1. The second-order valence-corrected chi connectivity index (χ2v) is 7.84. The van der Waals surface area contributed by atoms with E-state index in [0.29, 0.717) is 29.2 Å². The van der Waals surface area contributed by atoms with E-state index < -0.39 is 10.8 Å². The average molecular weight is 462 g/mol. The van der Waals surface area contributed by atoms with Gasteiger partial charge in [0.15, 0.2) is 0 Å². The van der Waals surface area contributed by atoms with Crippen LogP contribution in [-0.2, 0) is 11.2 Å². The van der Waals surface area contributed by atoms with Gasteiger partial charge in [-0.05, 0) is 41.6 Å². The molecule has 0 radical (unpaired) electrons. The first kappa shape index (κ1) is 21.8. The van der Waals surface area contributed by atoms with E-state index >= 15 is 0 Å². The van der Waals surface area contributed by atoms with E-state index in [1.54, 1.807) is 18.2 Å². The number of anilines is 1. The Kier molecular flexibility index (Phi) is 6.22. The molecular weight excluding hydrogens is 444 g/mol. The Labute approximate surface area is 191 Å². The Balaban J connectivity index is 1.63. The fourth-order valence-electron chi connectivity index (χ4n) is 3.00. The molecule has 0 atom stereocenters. The molecule has 0 unspecified atom stereocenters. The minimum atomic E-state index is -0.488. The standard InChI is InChI=1S/C22H18N6O4S/c1-2-15-12-21(30)25-22(23-15)27-19(13-17(26-27)18-4-3-11-33-18)24-20(29)10-7-14-5-8-16(9-6-14)28(31)32/h3-13H,2H2,1H3,(H,24,29)(H,23,25,30)/b10-7-. The Hall–Kier alpha value is -4.38. The van der Waals surface area contributed by atoms with Gasteiger partial charge >= 0.3 is 0 Å². The largest absolute Gasteiger partial charge is 0.307 e. The molecule has 0 spiro atoms. The molecule has 0 aliphatic rings. The minimum absolute atomic E-state index is 0.0302. The predicted molar refractivity (Wildman–Crippen MR) is 125 cm³/mol. The maximum atomic E-state index is 12.6. The first-order valence-electron chi connectivity index (χ1n) is 9.91. The molecule has 0 fully saturated rings. The van der Waals surface area contributed by atoms with E-state index in [-0.39, 0.29) is 17.2 Å². The monoisotopic (exact) mass is 462 g/mol. The van der Waals surface area contributed by atoms with Crippen LogP contribution in [0, 0.1) is 10.1 Å². The highest BCUT2D eigenvalue weighted by Gasteiger charge is 2.16. The van der Waals surface area contributed by atoms with Crippen LogP contribution in [-0.4, -0.2) is 30.6 Å². The van der Waals surface area contributed by atoms with E-state index in [1.165, 1.54) is 46.4 Å². The molecule has 0 bridgehead atoms. The first-order chi connectivity index (χ1) is 15.9. The van der Waals surface area contributed by atoms with Gasteiger partial charge in [0.05, 0.1) is 9.80 Å². The lowest BCUT2D eigenvalue weighted by Gasteiger charge is -2.07. The molecule has 1 aromatic carbocycles. The number of non-ortho nitro benzene ring substituents is 1. The van der Waals surface area contributed by atoms with Crippen molar-refractivity contribution in [2.24, 2.45) is 0 Å². The van der Waals surface area contributed by atoms with Gasteiger partial charge in [0, 0.05) is 36.0 Å². The van der Waals surface area contributed by atoms with Crippen molar-refractivity contribution in [3.05, 3.63) is 91.7 Å². The van der Waals surface area contributed by atoms with Crippen LogP contribution >= 0.6 is 11.3 Å². The number of aromatic nitrogens is 4. The van der Waals surface area contributed by atoms with Crippen LogP contribution in [0.25, 0.3) is 22.6 Å². The van der Waals surface area contributed by atoms with Gasteiger partial charge in [0.2, 0.25) is 11.9 Å². The molecule has 4 aromatic rings. The number of thiophene rings is 1. The highest BCUT2D eigenvalue weighted by atomic mass is 32.1. The number of hydrogen-bond donors (Lipinski definition) is 2. The fourth-order valence-corrected chi connectivity index (χ4v) is 3.68. The highest BCUT2D eigenvalue weighted by molar-refractivity contribution is 7.13. The number of benzene rings is 1. The summed E-state index contributed by atoms with van der Waals surface area (Å²) in [6, 6.07) is 12.7. The zero-order valence-electron chi connectivity index (χ0n) is 17.4. The van der Waals surface area contributed by atoms with Crippen LogP contribution in [0.1, 0.15) is 18.2 Å². The summed E-state index contributed by atoms with van der Waals surface area (Å²) < 4.78 is 1.38. The summed E-state index contributed by atoms with van der Waals surface area (Å²) in [6.07, 6.45) is 3.41. The lowest BCUT2D eigenvalue weighted by Crippen LogP contribution is -2.18. The molecule has 11 heteroatoms. The van der Waals surface area contributed by atoms with Gasteiger partial charge in [-0.3, -0.25) is 24.7 Å². The molecule has 166 valence electrons. The van der Waals surface area contributed by atoms with E-state index in [1.807, 2.05) is 24.4 Å². The van der Waals surface area contributed by atoms with Crippen LogP contribution in [0.15, 0.2) is 64.8 Å². The summed E-state index contributed by atoms with van der Waals surface area (Å²) >= 11 is 1.49. The number of amides is 1. The van der Waals surface area contributed by atoms with Gasteiger partial charge in [-0.1, -0.05) is 13.0 Å². The maximum absolute atomic E-state index is 12.6. The van der Waals surface area contributed by atoms with Crippen molar-refractivity contribution in [3.8, 4) is 16.5 Å². The van der Waals surface area contributed by atoms with Gasteiger partial charge in [0.25, 0.3) is 11.2 Å². The lowest BCUT2D eigenvalue weighted by atomic mass is 10.2. The molecular formula is C22H18N6O4S. The van der Waals surface area contributed by atoms with Crippen molar-refractivity contribution in [3.63, 3.8) is 0 Å². The van der Waals surface area contributed by atoms with Crippen molar-refractivity contribution in [2.45, 2.75) is 13.3 Å². The predicted octanol–water partition coefficient (Wildman–Crippen LogP) is 3.81. The first-order valence-corrected chi connectivity index (χ1v) is 10.8. The molecule has 2 N–H and O–H groups in total. The molecule has 4 rings (SSSR count). The molecule has 0 saturated heterocycles. The van der Waals surface area contributed by atoms with Gasteiger partial charge < -0.3 is 5.32 Å². The Morgan fingerprint density at radius 2 is 2.06 bits per heavy atom. The van der Waals surface area contributed by atoms with Crippen molar-refractivity contribution in [2.75, 3.05) is 5.32 Å². The number of H-pyrrole nitrogens is 1. The number of carbonyl (C=O) groups is 1. The number of carbonyl (C=O) groups excluding carboxylic acids is 1. The van der Waals surface area contributed by atoms with Crippen molar-refractivity contribution < 1.29 is 9.72 Å². The summed E-state index contributed by atoms with van der Waals surface area (Å²) in [5, 5.41) is 20.0. The van der Waals surface area contributed by atoms with E-state index in [9.17, 15) is 19.7 Å². The van der Waals surface area contributed by atoms with Crippen LogP contribution < -0.4 is 10.9 Å². The average Bonchev–Trinajstić information content (AvgIpc) is 3.47. The number of aryl methyl sites for hydroxylation is 1. The third-order valence-electron chi connectivity index (χ3n) is 4.61. The van der Waals surface area contributed by atoms with Gasteiger partial charge in [-0.2, -0.15) is 9.78 Å².